The SMILES string of the molecule is CCC(CC)C(=O)N(C(N)=O)C(N)=O. The number of nitrogens with zero attached hydrogens (tertiary/aromatic N) is 1. The molecule has 0 aromatic carbocycles. The van der Waals surface area contributed by atoms with Gasteiger partial charge in [-0.1, -0.05) is 13.8 Å². The Morgan fingerprint density at radius 1 is 1.07 bits per heavy atom. The van der Waals surface area contributed by atoms with Gasteiger partial charge in [0.25, 0.3) is 0 Å². The van der Waals surface area contributed by atoms with Crippen LogP contribution < -0.4 is 11.5 Å². The zero-order valence-corrected chi connectivity index (χ0v) is 8.32. The maximum Gasteiger partial charge on any atom is 0.329 e. The molecular formula is C8H15N3O3. The summed E-state index contributed by atoms with van der Waals surface area (Å²) in [5.41, 5.74) is 9.70. The topological polar surface area (TPSA) is 106 Å². The Bertz CT molecular complexity index is 234. The molecule has 0 spiro atoms. The van der Waals surface area contributed by atoms with Crippen molar-refractivity contribution in [2.45, 2.75) is 26.7 Å². The number of carbonyl (C=O) groups excluding carboxylic acids is 3. The van der Waals surface area contributed by atoms with Crippen LogP contribution in [-0.2, 0) is 4.79 Å². The number of nitrogens with two attached hydrogens (primary N) is 2. The lowest BCUT2D eigenvalue weighted by Crippen LogP contribution is -2.50. The number of urea groups is 2. The summed E-state index contributed by atoms with van der Waals surface area (Å²) in [4.78, 5) is 33.3. The molecular weight excluding hydrogens is 186 g/mol. The van der Waals surface area contributed by atoms with E-state index in [1.165, 1.54) is 0 Å². The van der Waals surface area contributed by atoms with Crippen LogP contribution in [0.2, 0.25) is 0 Å². The van der Waals surface area contributed by atoms with E-state index in [4.69, 9.17) is 11.5 Å². The largest absolute Gasteiger partial charge is 0.351 e. The van der Waals surface area contributed by atoms with Crippen LogP contribution in [0.3, 0.4) is 0 Å². The first-order valence-corrected chi connectivity index (χ1v) is 4.38. The average Bonchev–Trinajstić information content (AvgIpc) is 2.04. The number of carbonyl (C=O) groups is 3. The molecule has 0 aromatic heterocycles. The summed E-state index contributed by atoms with van der Waals surface area (Å²) in [6.07, 6.45) is 1.07. The lowest BCUT2D eigenvalue weighted by atomic mass is 10.0. The predicted molar refractivity (Wildman–Crippen MR) is 50.1 cm³/mol. The second-order valence-corrected chi connectivity index (χ2v) is 2.86. The van der Waals surface area contributed by atoms with Gasteiger partial charge in [0.15, 0.2) is 0 Å². The van der Waals surface area contributed by atoms with Crippen molar-refractivity contribution in [2.24, 2.45) is 17.4 Å². The van der Waals surface area contributed by atoms with Gasteiger partial charge in [-0.05, 0) is 12.8 Å². The third kappa shape index (κ3) is 2.72. The van der Waals surface area contributed by atoms with Gasteiger partial charge in [0, 0.05) is 5.92 Å². The molecule has 0 bridgehead atoms. The molecule has 0 saturated carbocycles. The smallest absolute Gasteiger partial charge is 0.329 e. The molecule has 0 fully saturated rings. The molecule has 5 amide bonds. The summed E-state index contributed by atoms with van der Waals surface area (Å²) in [5, 5.41) is 0. The van der Waals surface area contributed by atoms with Gasteiger partial charge >= 0.3 is 12.1 Å². The van der Waals surface area contributed by atoms with E-state index in [1.807, 2.05) is 0 Å². The molecule has 0 aliphatic heterocycles. The van der Waals surface area contributed by atoms with Gasteiger partial charge in [0.1, 0.15) is 0 Å². The molecule has 4 N–H and O–H groups in total. The van der Waals surface area contributed by atoms with Gasteiger partial charge in [0.05, 0.1) is 0 Å². The van der Waals surface area contributed by atoms with Crippen molar-refractivity contribution < 1.29 is 14.4 Å². The van der Waals surface area contributed by atoms with E-state index in [-0.39, 0.29) is 4.90 Å². The zero-order valence-electron chi connectivity index (χ0n) is 8.32. The van der Waals surface area contributed by atoms with Crippen LogP contribution in [0.4, 0.5) is 9.59 Å². The van der Waals surface area contributed by atoms with Crippen molar-refractivity contribution in [1.29, 1.82) is 0 Å². The van der Waals surface area contributed by atoms with Crippen LogP contribution in [-0.4, -0.2) is 22.9 Å². The molecule has 0 saturated heterocycles. The lowest BCUT2D eigenvalue weighted by Gasteiger charge is -2.19. The minimum atomic E-state index is -1.13. The summed E-state index contributed by atoms with van der Waals surface area (Å²) in [5.74, 6) is -1.02. The van der Waals surface area contributed by atoms with E-state index >= 15 is 0 Å². The van der Waals surface area contributed by atoms with Crippen LogP contribution in [0, 0.1) is 5.92 Å². The standard InChI is InChI=1S/C8H15N3O3/c1-3-5(4-2)6(12)11(7(9)13)8(10)14/h5H,3-4H2,1-2H3,(H2,9,13)(H2,10,14). The normalized spacial score (nSPS) is 9.93. The fourth-order valence-corrected chi connectivity index (χ4v) is 1.15. The number of rotatable bonds is 3. The summed E-state index contributed by atoms with van der Waals surface area (Å²) in [6, 6.07) is -2.26. The maximum absolute atomic E-state index is 11.5. The Morgan fingerprint density at radius 2 is 1.43 bits per heavy atom. The van der Waals surface area contributed by atoms with Crippen molar-refractivity contribution in [1.82, 2.24) is 4.90 Å². The lowest BCUT2D eigenvalue weighted by molar-refractivity contribution is -0.130. The monoisotopic (exact) mass is 201 g/mol. The van der Waals surface area contributed by atoms with Gasteiger partial charge in [-0.15, -0.1) is 0 Å². The van der Waals surface area contributed by atoms with E-state index in [0.29, 0.717) is 12.8 Å². The molecule has 0 rings (SSSR count). The van der Waals surface area contributed by atoms with Crippen LogP contribution in [0.25, 0.3) is 0 Å². The van der Waals surface area contributed by atoms with Crippen molar-refractivity contribution in [2.75, 3.05) is 0 Å². The molecule has 0 radical (unpaired) electrons. The Balaban J connectivity index is 4.76. The molecule has 0 heterocycles. The van der Waals surface area contributed by atoms with Crippen LogP contribution in [0.15, 0.2) is 0 Å². The van der Waals surface area contributed by atoms with Crippen molar-refractivity contribution in [3.8, 4) is 0 Å². The molecule has 0 aromatic rings. The summed E-state index contributed by atoms with van der Waals surface area (Å²) < 4.78 is 0. The number of amides is 5. The zero-order chi connectivity index (χ0) is 11.3. The molecule has 6 heteroatoms. The molecule has 0 aliphatic rings. The fourth-order valence-electron chi connectivity index (χ4n) is 1.15. The summed E-state index contributed by atoms with van der Waals surface area (Å²) in [6.45, 7) is 3.57. The summed E-state index contributed by atoms with van der Waals surface area (Å²) >= 11 is 0. The maximum atomic E-state index is 11.5. The second kappa shape index (κ2) is 5.21. The Morgan fingerprint density at radius 3 is 1.64 bits per heavy atom. The third-order valence-electron chi connectivity index (χ3n) is 2.00. The van der Waals surface area contributed by atoms with Gasteiger partial charge in [-0.3, -0.25) is 4.79 Å². The van der Waals surface area contributed by atoms with Crippen LogP contribution >= 0.6 is 0 Å². The van der Waals surface area contributed by atoms with E-state index < -0.39 is 23.9 Å². The van der Waals surface area contributed by atoms with E-state index in [0.717, 1.165) is 0 Å². The Labute approximate surface area is 82.2 Å². The minimum Gasteiger partial charge on any atom is -0.351 e. The van der Waals surface area contributed by atoms with E-state index in [9.17, 15) is 14.4 Å². The van der Waals surface area contributed by atoms with Crippen LogP contribution in [0.1, 0.15) is 26.7 Å². The van der Waals surface area contributed by atoms with E-state index in [1.54, 1.807) is 13.8 Å². The number of imide groups is 3. The predicted octanol–water partition coefficient (Wildman–Crippen LogP) is 0.409. The first kappa shape index (κ1) is 12.4. The Kier molecular flexibility index (Phi) is 4.62. The van der Waals surface area contributed by atoms with Gasteiger partial charge in [-0.2, -0.15) is 4.90 Å². The molecule has 6 nitrogen and oxygen atoms in total. The quantitative estimate of drug-likeness (QED) is 0.690. The van der Waals surface area contributed by atoms with Gasteiger partial charge < -0.3 is 11.5 Å². The third-order valence-corrected chi connectivity index (χ3v) is 2.00. The minimum absolute atomic E-state index is 0.275. The first-order valence-electron chi connectivity index (χ1n) is 4.38. The number of hydrogen-bond donors (Lipinski definition) is 2. The van der Waals surface area contributed by atoms with Crippen molar-refractivity contribution in [3.05, 3.63) is 0 Å². The summed E-state index contributed by atoms with van der Waals surface area (Å²) in [7, 11) is 0. The highest BCUT2D eigenvalue weighted by Crippen LogP contribution is 2.11. The van der Waals surface area contributed by atoms with Crippen LogP contribution in [0.5, 0.6) is 0 Å². The van der Waals surface area contributed by atoms with Crippen molar-refractivity contribution >= 4 is 18.0 Å². The molecule has 0 aliphatic carbocycles. The Hall–Kier alpha value is -1.59. The first-order chi connectivity index (χ1) is 6.45. The number of hydrogen-bond acceptors (Lipinski definition) is 3. The molecule has 0 unspecified atom stereocenters. The highest BCUT2D eigenvalue weighted by molar-refractivity contribution is 6.09. The highest BCUT2D eigenvalue weighted by atomic mass is 16.2. The average molecular weight is 201 g/mol. The van der Waals surface area contributed by atoms with E-state index in [2.05, 4.69) is 0 Å². The second-order valence-electron chi connectivity index (χ2n) is 2.86. The fraction of sp³-hybridized carbons (Fsp3) is 0.625. The molecule has 80 valence electrons. The molecule has 0 atom stereocenters. The highest BCUT2D eigenvalue weighted by Gasteiger charge is 2.29. The molecule has 14 heavy (non-hydrogen) atoms. The van der Waals surface area contributed by atoms with Gasteiger partial charge in [-0.25, -0.2) is 9.59 Å². The van der Waals surface area contributed by atoms with Crippen molar-refractivity contribution in [3.63, 3.8) is 0 Å². The van der Waals surface area contributed by atoms with Gasteiger partial charge in [0.2, 0.25) is 5.91 Å². The number of primary amides is 2.